The molecule has 1 rings (SSSR count). The molecule has 0 aromatic carbocycles. The lowest BCUT2D eigenvalue weighted by molar-refractivity contribution is -0.120. The Morgan fingerprint density at radius 3 is 2.53 bits per heavy atom. The Labute approximate surface area is 126 Å². The fraction of sp³-hybridized carbons (Fsp3) is 0.636. The van der Waals surface area contributed by atoms with Crippen LogP contribution in [0.25, 0.3) is 0 Å². The second kappa shape index (κ2) is 8.37. The molecule has 1 amide bonds. The highest BCUT2D eigenvalue weighted by Gasteiger charge is 2.22. The molecule has 1 heterocycles. The van der Waals surface area contributed by atoms with Crippen molar-refractivity contribution in [3.63, 3.8) is 0 Å². The third-order valence-electron chi connectivity index (χ3n) is 2.24. The number of amides is 1. The van der Waals surface area contributed by atoms with Crippen LogP contribution >= 0.6 is 24.8 Å². The van der Waals surface area contributed by atoms with Crippen molar-refractivity contribution < 1.29 is 4.79 Å². The van der Waals surface area contributed by atoms with Gasteiger partial charge in [0.05, 0.1) is 12.1 Å². The molecule has 0 saturated heterocycles. The monoisotopic (exact) mass is 311 g/mol. The first kappa shape index (κ1) is 20.5. The molecular weight excluding hydrogens is 289 g/mol. The average molecular weight is 312 g/mol. The van der Waals surface area contributed by atoms with Gasteiger partial charge in [-0.15, -0.1) is 24.8 Å². The van der Waals surface area contributed by atoms with Crippen LogP contribution in [0.2, 0.25) is 0 Å². The van der Waals surface area contributed by atoms with Crippen molar-refractivity contribution in [2.24, 2.45) is 5.73 Å². The van der Waals surface area contributed by atoms with Crippen LogP contribution in [0.4, 0.5) is 5.82 Å². The molecule has 19 heavy (non-hydrogen) atoms. The number of nitrogens with two attached hydrogens (primary N) is 1. The van der Waals surface area contributed by atoms with Gasteiger partial charge < -0.3 is 16.0 Å². The molecule has 0 bridgehead atoms. The van der Waals surface area contributed by atoms with Crippen molar-refractivity contribution in [2.75, 3.05) is 26.0 Å². The van der Waals surface area contributed by atoms with Gasteiger partial charge in [0.2, 0.25) is 5.91 Å². The molecule has 0 aliphatic heterocycles. The third kappa shape index (κ3) is 7.37. The van der Waals surface area contributed by atoms with Crippen LogP contribution in [0, 0.1) is 0 Å². The molecule has 0 unspecified atom stereocenters. The van der Waals surface area contributed by atoms with E-state index in [4.69, 9.17) is 5.73 Å². The molecule has 1 aromatic heterocycles. The first-order valence-corrected chi connectivity index (χ1v) is 5.57. The molecule has 6 nitrogen and oxygen atoms in total. The normalized spacial score (nSPS) is 10.6. The molecular formula is C11H23Cl2N5O. The fourth-order valence-corrected chi connectivity index (χ4v) is 1.13. The minimum atomic E-state index is -0.895. The van der Waals surface area contributed by atoms with E-state index in [9.17, 15) is 4.79 Å². The Hall–Kier alpha value is -0.820. The van der Waals surface area contributed by atoms with Crippen molar-refractivity contribution in [2.45, 2.75) is 25.9 Å². The van der Waals surface area contributed by atoms with Gasteiger partial charge in [0.25, 0.3) is 0 Å². The molecule has 1 aromatic rings. The second-order valence-electron chi connectivity index (χ2n) is 4.94. The maximum atomic E-state index is 11.6. The van der Waals surface area contributed by atoms with Gasteiger partial charge >= 0.3 is 0 Å². The standard InChI is InChI=1S/C11H21N5O.2ClH/c1-11(2,12)10(17)13-9-5-6-16(14-9)8-7-15(3)4;;/h5-6H,7-8,12H2,1-4H3,(H,13,14,17);2*1H. The number of aromatic nitrogens is 2. The second-order valence-corrected chi connectivity index (χ2v) is 4.94. The van der Waals surface area contributed by atoms with Crippen LogP contribution in [-0.2, 0) is 11.3 Å². The zero-order chi connectivity index (χ0) is 13.1. The number of anilines is 1. The van der Waals surface area contributed by atoms with Crippen molar-refractivity contribution in [3.8, 4) is 0 Å². The van der Waals surface area contributed by atoms with E-state index in [1.165, 1.54) is 0 Å². The van der Waals surface area contributed by atoms with Gasteiger partial charge in [-0.1, -0.05) is 0 Å². The van der Waals surface area contributed by atoms with E-state index in [0.29, 0.717) is 5.82 Å². The number of carbonyl (C=O) groups is 1. The first-order chi connectivity index (χ1) is 7.79. The SMILES string of the molecule is CN(C)CCn1ccc(NC(=O)C(C)(C)N)n1.Cl.Cl. The summed E-state index contributed by atoms with van der Waals surface area (Å²) in [5.74, 6) is 0.294. The number of halogens is 2. The number of nitrogens with zero attached hydrogens (tertiary/aromatic N) is 3. The molecule has 0 saturated carbocycles. The minimum Gasteiger partial charge on any atom is -0.318 e. The smallest absolute Gasteiger partial charge is 0.245 e. The fourth-order valence-electron chi connectivity index (χ4n) is 1.13. The highest BCUT2D eigenvalue weighted by molar-refractivity contribution is 5.96. The molecule has 0 radical (unpaired) electrons. The van der Waals surface area contributed by atoms with Crippen LogP contribution in [0.5, 0.6) is 0 Å². The van der Waals surface area contributed by atoms with Crippen molar-refractivity contribution in [1.29, 1.82) is 0 Å². The highest BCUT2D eigenvalue weighted by atomic mass is 35.5. The van der Waals surface area contributed by atoms with Gasteiger partial charge in [0.1, 0.15) is 0 Å². The van der Waals surface area contributed by atoms with E-state index in [2.05, 4.69) is 15.3 Å². The number of hydrogen-bond acceptors (Lipinski definition) is 4. The average Bonchev–Trinajstić information content (AvgIpc) is 2.61. The number of likely N-dealkylation sites (N-methyl/N-ethyl adjacent to an activating group) is 1. The quantitative estimate of drug-likeness (QED) is 0.849. The van der Waals surface area contributed by atoms with Crippen LogP contribution in [0.1, 0.15) is 13.8 Å². The van der Waals surface area contributed by atoms with Crippen molar-refractivity contribution in [3.05, 3.63) is 12.3 Å². The lowest BCUT2D eigenvalue weighted by Crippen LogP contribution is -2.45. The van der Waals surface area contributed by atoms with Gasteiger partial charge in [0, 0.05) is 18.8 Å². The van der Waals surface area contributed by atoms with Crippen molar-refractivity contribution in [1.82, 2.24) is 14.7 Å². The largest absolute Gasteiger partial charge is 0.318 e. The number of hydrogen-bond donors (Lipinski definition) is 2. The Kier molecular flexibility index (Phi) is 9.03. The van der Waals surface area contributed by atoms with Gasteiger partial charge in [-0.05, 0) is 27.9 Å². The van der Waals surface area contributed by atoms with Crippen molar-refractivity contribution >= 4 is 36.5 Å². The van der Waals surface area contributed by atoms with E-state index < -0.39 is 5.54 Å². The third-order valence-corrected chi connectivity index (χ3v) is 2.24. The lowest BCUT2D eigenvalue weighted by atomic mass is 10.1. The summed E-state index contributed by atoms with van der Waals surface area (Å²) < 4.78 is 1.79. The van der Waals surface area contributed by atoms with E-state index in [-0.39, 0.29) is 30.7 Å². The first-order valence-electron chi connectivity index (χ1n) is 5.57. The van der Waals surface area contributed by atoms with Crippen LogP contribution in [0.15, 0.2) is 12.3 Å². The Morgan fingerprint density at radius 2 is 2.05 bits per heavy atom. The zero-order valence-corrected chi connectivity index (χ0v) is 13.3. The molecule has 0 aliphatic carbocycles. The van der Waals surface area contributed by atoms with E-state index >= 15 is 0 Å². The maximum absolute atomic E-state index is 11.6. The Bertz CT molecular complexity index is 387. The zero-order valence-electron chi connectivity index (χ0n) is 11.7. The molecule has 3 N–H and O–H groups in total. The molecule has 0 fully saturated rings. The predicted octanol–water partition coefficient (Wildman–Crippen LogP) is 0.964. The van der Waals surface area contributed by atoms with E-state index in [1.807, 2.05) is 20.3 Å². The minimum absolute atomic E-state index is 0. The summed E-state index contributed by atoms with van der Waals surface area (Å²) in [7, 11) is 4.01. The Balaban J connectivity index is 0. The molecule has 112 valence electrons. The van der Waals surface area contributed by atoms with Gasteiger partial charge in [-0.2, -0.15) is 5.10 Å². The molecule has 0 aliphatic rings. The Morgan fingerprint density at radius 1 is 1.47 bits per heavy atom. The summed E-state index contributed by atoms with van der Waals surface area (Å²) in [6.45, 7) is 5.00. The highest BCUT2D eigenvalue weighted by Crippen LogP contribution is 2.06. The van der Waals surface area contributed by atoms with E-state index in [0.717, 1.165) is 13.1 Å². The van der Waals surface area contributed by atoms with Crippen LogP contribution < -0.4 is 11.1 Å². The molecule has 8 heteroatoms. The van der Waals surface area contributed by atoms with E-state index in [1.54, 1.807) is 24.6 Å². The van der Waals surface area contributed by atoms with Gasteiger partial charge in [-0.3, -0.25) is 9.48 Å². The summed E-state index contributed by atoms with van der Waals surface area (Å²) in [5, 5.41) is 6.92. The number of nitrogens with one attached hydrogen (secondary N) is 1. The summed E-state index contributed by atoms with van der Waals surface area (Å²) in [4.78, 5) is 13.7. The van der Waals surface area contributed by atoms with Crippen LogP contribution in [-0.4, -0.2) is 46.8 Å². The summed E-state index contributed by atoms with van der Waals surface area (Å²) in [6.07, 6.45) is 1.84. The number of rotatable bonds is 5. The van der Waals surface area contributed by atoms with Gasteiger partial charge in [-0.25, -0.2) is 0 Å². The predicted molar refractivity (Wildman–Crippen MR) is 82.2 cm³/mol. The summed E-state index contributed by atoms with van der Waals surface area (Å²) in [5.41, 5.74) is 4.78. The maximum Gasteiger partial charge on any atom is 0.245 e. The van der Waals surface area contributed by atoms with Gasteiger partial charge in [0.15, 0.2) is 5.82 Å². The molecule has 0 spiro atoms. The topological polar surface area (TPSA) is 76.2 Å². The molecule has 0 atom stereocenters. The summed E-state index contributed by atoms with van der Waals surface area (Å²) in [6, 6.07) is 1.76. The van der Waals surface area contributed by atoms with Crippen LogP contribution in [0.3, 0.4) is 0 Å². The lowest BCUT2D eigenvalue weighted by Gasteiger charge is -2.16. The number of carbonyl (C=O) groups excluding carboxylic acids is 1. The summed E-state index contributed by atoms with van der Waals surface area (Å²) >= 11 is 0.